The summed E-state index contributed by atoms with van der Waals surface area (Å²) in [5.41, 5.74) is 0.815. The molecule has 0 aliphatic heterocycles. The van der Waals surface area contributed by atoms with E-state index in [1.807, 2.05) is 0 Å². The van der Waals surface area contributed by atoms with Crippen molar-refractivity contribution in [2.45, 2.75) is 19.5 Å². The van der Waals surface area contributed by atoms with Crippen molar-refractivity contribution < 1.29 is 18.7 Å². The number of aliphatic hydroxyl groups excluding tert-OH is 1. The molecule has 0 aliphatic rings. The summed E-state index contributed by atoms with van der Waals surface area (Å²) in [6.45, 7) is 1.16. The number of nitrogens with zero attached hydrogens (tertiary/aromatic N) is 2. The van der Waals surface area contributed by atoms with Crippen molar-refractivity contribution in [3.8, 4) is 0 Å². The van der Waals surface area contributed by atoms with E-state index in [4.69, 9.17) is 5.11 Å². The first-order valence-corrected chi connectivity index (χ1v) is 4.66. The molecule has 1 aromatic rings. The van der Waals surface area contributed by atoms with Crippen LogP contribution in [0, 0.1) is 6.92 Å². The first-order valence-electron chi connectivity index (χ1n) is 4.66. The van der Waals surface area contributed by atoms with Crippen LogP contribution in [0.2, 0.25) is 0 Å². The highest BCUT2D eigenvalue weighted by atomic mass is 19.3. The zero-order chi connectivity index (χ0) is 12.3. The lowest BCUT2D eigenvalue weighted by Gasteiger charge is -2.09. The molecule has 90 valence electrons. The Morgan fingerprint density at radius 2 is 2.31 bits per heavy atom. The Balaban J connectivity index is 2.56. The van der Waals surface area contributed by atoms with E-state index in [9.17, 15) is 13.6 Å². The standard InChI is InChI=1S/C9H13F2N3O2/c1-5-6(4-14(2)13-5)9(16)12-3-7(15)8(10)11/h4,7-8,15H,3H2,1-2H3,(H,12,16). The number of aryl methyl sites for hydroxylation is 2. The molecule has 1 aromatic heterocycles. The molecular formula is C9H13F2N3O2. The molecule has 0 radical (unpaired) electrons. The normalized spacial score (nSPS) is 12.9. The number of carbonyl (C=O) groups is 1. The molecule has 0 bridgehead atoms. The number of aromatic nitrogens is 2. The molecule has 0 fully saturated rings. The third kappa shape index (κ3) is 2.99. The monoisotopic (exact) mass is 233 g/mol. The van der Waals surface area contributed by atoms with E-state index in [-0.39, 0.29) is 0 Å². The van der Waals surface area contributed by atoms with Gasteiger partial charge in [-0.1, -0.05) is 0 Å². The van der Waals surface area contributed by atoms with E-state index >= 15 is 0 Å². The number of alkyl halides is 2. The summed E-state index contributed by atoms with van der Waals surface area (Å²) in [6.07, 6.45) is -3.23. The van der Waals surface area contributed by atoms with Gasteiger partial charge >= 0.3 is 0 Å². The average Bonchev–Trinajstić information content (AvgIpc) is 2.53. The van der Waals surface area contributed by atoms with Gasteiger partial charge in [0.05, 0.1) is 11.3 Å². The van der Waals surface area contributed by atoms with Gasteiger partial charge in [0.25, 0.3) is 12.3 Å². The van der Waals surface area contributed by atoms with Crippen molar-refractivity contribution in [1.82, 2.24) is 15.1 Å². The van der Waals surface area contributed by atoms with Crippen molar-refractivity contribution in [1.29, 1.82) is 0 Å². The molecule has 1 unspecified atom stereocenters. The highest BCUT2D eigenvalue weighted by molar-refractivity contribution is 5.94. The molecule has 1 amide bonds. The number of nitrogens with one attached hydrogen (secondary N) is 1. The molecule has 1 heterocycles. The molecule has 0 spiro atoms. The van der Waals surface area contributed by atoms with Gasteiger partial charge < -0.3 is 10.4 Å². The van der Waals surface area contributed by atoms with Crippen LogP contribution in [0.3, 0.4) is 0 Å². The SMILES string of the molecule is Cc1nn(C)cc1C(=O)NCC(O)C(F)F. The topological polar surface area (TPSA) is 67.2 Å². The number of hydrogen-bond acceptors (Lipinski definition) is 3. The van der Waals surface area contributed by atoms with Gasteiger partial charge in [-0.05, 0) is 6.92 Å². The molecule has 0 aromatic carbocycles. The summed E-state index contributed by atoms with van der Waals surface area (Å²) in [6, 6.07) is 0. The molecule has 0 saturated heterocycles. The first-order chi connectivity index (χ1) is 7.41. The Kier molecular flexibility index (Phi) is 3.94. The third-order valence-corrected chi connectivity index (χ3v) is 2.02. The summed E-state index contributed by atoms with van der Waals surface area (Å²) in [5.74, 6) is -0.523. The molecule has 16 heavy (non-hydrogen) atoms. The van der Waals surface area contributed by atoms with Crippen LogP contribution in [0.5, 0.6) is 0 Å². The maximum atomic E-state index is 11.9. The fourth-order valence-electron chi connectivity index (χ4n) is 1.20. The van der Waals surface area contributed by atoms with Gasteiger partial charge in [-0.25, -0.2) is 8.78 Å². The van der Waals surface area contributed by atoms with Gasteiger partial charge in [0, 0.05) is 19.8 Å². The maximum absolute atomic E-state index is 11.9. The second-order valence-corrected chi connectivity index (χ2v) is 3.41. The number of amides is 1. The molecule has 0 aliphatic carbocycles. The summed E-state index contributed by atoms with van der Waals surface area (Å²) >= 11 is 0. The fourth-order valence-corrected chi connectivity index (χ4v) is 1.20. The summed E-state index contributed by atoms with van der Waals surface area (Å²) in [4.78, 5) is 11.5. The van der Waals surface area contributed by atoms with Crippen LogP contribution < -0.4 is 5.32 Å². The molecule has 5 nitrogen and oxygen atoms in total. The summed E-state index contributed by atoms with van der Waals surface area (Å²) < 4.78 is 25.3. The minimum Gasteiger partial charge on any atom is -0.385 e. The quantitative estimate of drug-likeness (QED) is 0.774. The summed E-state index contributed by atoms with van der Waals surface area (Å²) in [7, 11) is 1.65. The van der Waals surface area contributed by atoms with E-state index in [1.54, 1.807) is 14.0 Å². The molecule has 2 N–H and O–H groups in total. The highest BCUT2D eigenvalue weighted by Gasteiger charge is 2.19. The number of halogens is 2. The zero-order valence-corrected chi connectivity index (χ0v) is 8.94. The van der Waals surface area contributed by atoms with Crippen LogP contribution in [-0.4, -0.2) is 39.9 Å². The second kappa shape index (κ2) is 5.02. The largest absolute Gasteiger partial charge is 0.385 e. The van der Waals surface area contributed by atoms with E-state index in [1.165, 1.54) is 10.9 Å². The Morgan fingerprint density at radius 3 is 2.75 bits per heavy atom. The van der Waals surface area contributed by atoms with Crippen molar-refractivity contribution in [3.63, 3.8) is 0 Å². The van der Waals surface area contributed by atoms with Gasteiger partial charge in [0.2, 0.25) is 0 Å². The lowest BCUT2D eigenvalue weighted by Crippen LogP contribution is -2.35. The predicted molar refractivity (Wildman–Crippen MR) is 52.3 cm³/mol. The highest BCUT2D eigenvalue weighted by Crippen LogP contribution is 2.05. The smallest absolute Gasteiger partial charge is 0.265 e. The van der Waals surface area contributed by atoms with Gasteiger partial charge in [0.1, 0.15) is 6.10 Å². The zero-order valence-electron chi connectivity index (χ0n) is 8.94. The Morgan fingerprint density at radius 1 is 1.69 bits per heavy atom. The van der Waals surface area contributed by atoms with Gasteiger partial charge in [-0.3, -0.25) is 9.48 Å². The van der Waals surface area contributed by atoms with E-state index in [0.717, 1.165) is 0 Å². The molecule has 1 atom stereocenters. The fraction of sp³-hybridized carbons (Fsp3) is 0.556. The maximum Gasteiger partial charge on any atom is 0.265 e. The Bertz CT molecular complexity index is 379. The van der Waals surface area contributed by atoms with E-state index < -0.39 is 25.0 Å². The van der Waals surface area contributed by atoms with Crippen molar-refractivity contribution in [3.05, 3.63) is 17.5 Å². The van der Waals surface area contributed by atoms with Crippen LogP contribution in [0.15, 0.2) is 6.20 Å². The Hall–Kier alpha value is -1.50. The molecule has 7 heteroatoms. The van der Waals surface area contributed by atoms with E-state index in [0.29, 0.717) is 11.3 Å². The van der Waals surface area contributed by atoms with Crippen molar-refractivity contribution in [2.75, 3.05) is 6.54 Å². The van der Waals surface area contributed by atoms with Crippen LogP contribution in [0.25, 0.3) is 0 Å². The Labute approximate surface area is 91.1 Å². The number of hydrogen-bond donors (Lipinski definition) is 2. The number of carbonyl (C=O) groups excluding carboxylic acids is 1. The number of rotatable bonds is 4. The van der Waals surface area contributed by atoms with Crippen LogP contribution in [-0.2, 0) is 7.05 Å². The lowest BCUT2D eigenvalue weighted by molar-refractivity contribution is -0.00270. The number of aliphatic hydroxyl groups is 1. The molecule has 1 rings (SSSR count). The predicted octanol–water partition coefficient (Wildman–Crippen LogP) is 0.0843. The van der Waals surface area contributed by atoms with Crippen molar-refractivity contribution in [2.24, 2.45) is 7.05 Å². The van der Waals surface area contributed by atoms with Crippen LogP contribution >= 0.6 is 0 Å². The van der Waals surface area contributed by atoms with E-state index in [2.05, 4.69) is 10.4 Å². The van der Waals surface area contributed by atoms with Gasteiger partial charge in [-0.2, -0.15) is 5.10 Å². The minimum atomic E-state index is -2.87. The van der Waals surface area contributed by atoms with Gasteiger partial charge in [-0.15, -0.1) is 0 Å². The first kappa shape index (κ1) is 12.6. The van der Waals surface area contributed by atoms with Crippen LogP contribution in [0.4, 0.5) is 8.78 Å². The second-order valence-electron chi connectivity index (χ2n) is 3.41. The van der Waals surface area contributed by atoms with Crippen LogP contribution in [0.1, 0.15) is 16.1 Å². The third-order valence-electron chi connectivity index (χ3n) is 2.02. The molecule has 0 saturated carbocycles. The van der Waals surface area contributed by atoms with Gasteiger partial charge in [0.15, 0.2) is 0 Å². The minimum absolute atomic E-state index is 0.309. The summed E-state index contributed by atoms with van der Waals surface area (Å²) in [5, 5.41) is 15.0. The average molecular weight is 233 g/mol. The van der Waals surface area contributed by atoms with Crippen molar-refractivity contribution >= 4 is 5.91 Å². The molecular weight excluding hydrogens is 220 g/mol. The lowest BCUT2D eigenvalue weighted by atomic mass is 10.2.